The van der Waals surface area contributed by atoms with Gasteiger partial charge in [-0.2, -0.15) is 0 Å². The SMILES string of the molecule is FCCN1CC(c2ccccc2)NCC12CCCCC2. The quantitative estimate of drug-likeness (QED) is 0.911. The Morgan fingerprint density at radius 3 is 2.60 bits per heavy atom. The van der Waals surface area contributed by atoms with Gasteiger partial charge in [-0.3, -0.25) is 4.90 Å². The van der Waals surface area contributed by atoms with E-state index in [1.807, 2.05) is 6.07 Å². The Morgan fingerprint density at radius 1 is 1.15 bits per heavy atom. The number of alkyl halides is 1. The Balaban J connectivity index is 1.75. The molecule has 2 nitrogen and oxygen atoms in total. The molecule has 1 saturated heterocycles. The van der Waals surface area contributed by atoms with Gasteiger partial charge in [-0.15, -0.1) is 0 Å². The van der Waals surface area contributed by atoms with E-state index in [0.29, 0.717) is 12.6 Å². The minimum Gasteiger partial charge on any atom is -0.307 e. The van der Waals surface area contributed by atoms with Crippen LogP contribution in [-0.2, 0) is 0 Å². The predicted octanol–water partition coefficient (Wildman–Crippen LogP) is 3.31. The highest BCUT2D eigenvalue weighted by atomic mass is 19.1. The van der Waals surface area contributed by atoms with Gasteiger partial charge < -0.3 is 5.32 Å². The van der Waals surface area contributed by atoms with Crippen molar-refractivity contribution in [1.29, 1.82) is 0 Å². The summed E-state index contributed by atoms with van der Waals surface area (Å²) in [5, 5.41) is 3.72. The van der Waals surface area contributed by atoms with Crippen LogP contribution in [0, 0.1) is 0 Å². The summed E-state index contributed by atoms with van der Waals surface area (Å²) in [5.41, 5.74) is 1.54. The van der Waals surface area contributed by atoms with Crippen molar-refractivity contribution in [2.45, 2.75) is 43.7 Å². The molecule has 1 heterocycles. The van der Waals surface area contributed by atoms with Gasteiger partial charge in [0.1, 0.15) is 6.67 Å². The summed E-state index contributed by atoms with van der Waals surface area (Å²) in [5.74, 6) is 0. The fourth-order valence-electron chi connectivity index (χ4n) is 3.95. The van der Waals surface area contributed by atoms with Crippen LogP contribution in [-0.4, -0.2) is 36.7 Å². The molecule has 110 valence electrons. The van der Waals surface area contributed by atoms with Crippen molar-refractivity contribution in [2.75, 3.05) is 26.3 Å². The first-order valence-electron chi connectivity index (χ1n) is 7.93. The van der Waals surface area contributed by atoms with E-state index >= 15 is 0 Å². The minimum atomic E-state index is -0.233. The van der Waals surface area contributed by atoms with Crippen LogP contribution >= 0.6 is 0 Å². The van der Waals surface area contributed by atoms with Crippen molar-refractivity contribution in [1.82, 2.24) is 10.2 Å². The van der Waals surface area contributed by atoms with E-state index in [-0.39, 0.29) is 12.2 Å². The van der Waals surface area contributed by atoms with Crippen LogP contribution in [0.15, 0.2) is 30.3 Å². The third-order valence-electron chi connectivity index (χ3n) is 5.09. The van der Waals surface area contributed by atoms with E-state index in [2.05, 4.69) is 34.5 Å². The van der Waals surface area contributed by atoms with E-state index in [0.717, 1.165) is 13.1 Å². The largest absolute Gasteiger partial charge is 0.307 e. The molecule has 2 fully saturated rings. The summed E-state index contributed by atoms with van der Waals surface area (Å²) >= 11 is 0. The van der Waals surface area contributed by atoms with Gasteiger partial charge in [0.05, 0.1) is 0 Å². The van der Waals surface area contributed by atoms with Crippen LogP contribution in [0.5, 0.6) is 0 Å². The van der Waals surface area contributed by atoms with Gasteiger partial charge in [0.15, 0.2) is 0 Å². The molecule has 1 atom stereocenters. The lowest BCUT2D eigenvalue weighted by Gasteiger charge is -2.52. The van der Waals surface area contributed by atoms with Crippen molar-refractivity contribution in [3.05, 3.63) is 35.9 Å². The number of hydrogen-bond donors (Lipinski definition) is 1. The van der Waals surface area contributed by atoms with Crippen molar-refractivity contribution in [3.63, 3.8) is 0 Å². The Morgan fingerprint density at radius 2 is 1.90 bits per heavy atom. The van der Waals surface area contributed by atoms with Crippen LogP contribution in [0.25, 0.3) is 0 Å². The standard InChI is InChI=1S/C17H25FN2/c18-11-12-20-13-16(15-7-3-1-4-8-15)19-14-17(20)9-5-2-6-10-17/h1,3-4,7-8,16,19H,2,5-6,9-14H2. The Bertz CT molecular complexity index is 414. The maximum Gasteiger partial charge on any atom is 0.102 e. The zero-order valence-corrected chi connectivity index (χ0v) is 12.2. The summed E-state index contributed by atoms with van der Waals surface area (Å²) in [4.78, 5) is 2.43. The first-order chi connectivity index (χ1) is 9.84. The molecule has 1 spiro atoms. The second-order valence-electron chi connectivity index (χ2n) is 6.26. The van der Waals surface area contributed by atoms with Crippen LogP contribution in [0.3, 0.4) is 0 Å². The monoisotopic (exact) mass is 276 g/mol. The van der Waals surface area contributed by atoms with E-state index in [1.165, 1.54) is 37.7 Å². The number of hydrogen-bond acceptors (Lipinski definition) is 2. The van der Waals surface area contributed by atoms with Crippen LogP contribution in [0.1, 0.15) is 43.7 Å². The molecule has 3 rings (SSSR count). The molecular weight excluding hydrogens is 251 g/mol. The first-order valence-corrected chi connectivity index (χ1v) is 7.93. The molecule has 1 unspecified atom stereocenters. The maximum absolute atomic E-state index is 13.0. The molecule has 20 heavy (non-hydrogen) atoms. The molecular formula is C17H25FN2. The van der Waals surface area contributed by atoms with E-state index in [9.17, 15) is 4.39 Å². The molecule has 1 aromatic rings. The third kappa shape index (κ3) is 2.75. The molecule has 0 bridgehead atoms. The number of nitrogens with one attached hydrogen (secondary N) is 1. The van der Waals surface area contributed by atoms with Crippen LogP contribution in [0.4, 0.5) is 4.39 Å². The fourth-order valence-corrected chi connectivity index (χ4v) is 3.95. The average molecular weight is 276 g/mol. The van der Waals surface area contributed by atoms with Crippen molar-refractivity contribution in [2.24, 2.45) is 0 Å². The highest BCUT2D eigenvalue weighted by molar-refractivity contribution is 5.21. The zero-order valence-electron chi connectivity index (χ0n) is 12.2. The summed E-state index contributed by atoms with van der Waals surface area (Å²) < 4.78 is 13.0. The highest BCUT2D eigenvalue weighted by Gasteiger charge is 2.42. The van der Waals surface area contributed by atoms with Crippen molar-refractivity contribution in [3.8, 4) is 0 Å². The molecule has 1 aliphatic carbocycles. The lowest BCUT2D eigenvalue weighted by atomic mass is 9.78. The highest BCUT2D eigenvalue weighted by Crippen LogP contribution is 2.37. The molecule has 0 radical (unpaired) electrons. The lowest BCUT2D eigenvalue weighted by molar-refractivity contribution is 0.00574. The summed E-state index contributed by atoms with van der Waals surface area (Å²) in [7, 11) is 0. The molecule has 1 saturated carbocycles. The van der Waals surface area contributed by atoms with Gasteiger partial charge in [-0.1, -0.05) is 49.6 Å². The predicted molar refractivity (Wildman–Crippen MR) is 80.5 cm³/mol. The molecule has 0 amide bonds. The number of piperazine rings is 1. The first kappa shape index (κ1) is 14.0. The second kappa shape index (κ2) is 6.23. The van der Waals surface area contributed by atoms with Gasteiger partial charge in [0.25, 0.3) is 0 Å². The van der Waals surface area contributed by atoms with Gasteiger partial charge in [-0.05, 0) is 18.4 Å². The van der Waals surface area contributed by atoms with Crippen molar-refractivity contribution >= 4 is 0 Å². The Labute approximate surface area is 121 Å². The van der Waals surface area contributed by atoms with Gasteiger partial charge >= 0.3 is 0 Å². The van der Waals surface area contributed by atoms with Crippen LogP contribution in [0.2, 0.25) is 0 Å². The van der Waals surface area contributed by atoms with Gasteiger partial charge in [-0.25, -0.2) is 4.39 Å². The zero-order chi connectivity index (χ0) is 13.8. The smallest absolute Gasteiger partial charge is 0.102 e. The third-order valence-corrected chi connectivity index (χ3v) is 5.09. The number of halogens is 1. The maximum atomic E-state index is 13.0. The fraction of sp³-hybridized carbons (Fsp3) is 0.647. The number of benzene rings is 1. The summed E-state index contributed by atoms with van der Waals surface area (Å²) in [6.45, 7) is 2.30. The topological polar surface area (TPSA) is 15.3 Å². The van der Waals surface area contributed by atoms with Crippen LogP contribution < -0.4 is 5.32 Å². The number of nitrogens with zero attached hydrogens (tertiary/aromatic N) is 1. The van der Waals surface area contributed by atoms with Gasteiger partial charge in [0.2, 0.25) is 0 Å². The Kier molecular flexibility index (Phi) is 4.37. The normalized spacial score (nSPS) is 26.8. The summed E-state index contributed by atoms with van der Waals surface area (Å²) in [6, 6.07) is 10.9. The number of rotatable bonds is 3. The minimum absolute atomic E-state index is 0.218. The summed E-state index contributed by atoms with van der Waals surface area (Å²) in [6.07, 6.45) is 6.37. The van der Waals surface area contributed by atoms with E-state index in [1.54, 1.807) is 0 Å². The van der Waals surface area contributed by atoms with E-state index < -0.39 is 0 Å². The van der Waals surface area contributed by atoms with Gasteiger partial charge in [0, 0.05) is 31.2 Å². The van der Waals surface area contributed by atoms with Crippen molar-refractivity contribution < 1.29 is 4.39 Å². The molecule has 1 aliphatic heterocycles. The second-order valence-corrected chi connectivity index (χ2v) is 6.26. The molecule has 1 N–H and O–H groups in total. The lowest BCUT2D eigenvalue weighted by Crippen LogP contribution is -2.63. The molecule has 2 aliphatic rings. The molecule has 0 aromatic heterocycles. The molecule has 3 heteroatoms. The molecule has 1 aromatic carbocycles. The average Bonchev–Trinajstić information content (AvgIpc) is 2.52. The Hall–Kier alpha value is -0.930. The van der Waals surface area contributed by atoms with E-state index in [4.69, 9.17) is 0 Å².